The van der Waals surface area contributed by atoms with Gasteiger partial charge in [0.15, 0.2) is 0 Å². The van der Waals surface area contributed by atoms with Crippen LogP contribution in [0.15, 0.2) is 72.8 Å². The van der Waals surface area contributed by atoms with Gasteiger partial charge in [0.05, 0.1) is 7.11 Å². The third-order valence-corrected chi connectivity index (χ3v) is 8.57. The molecule has 1 fully saturated rings. The molecule has 0 bridgehead atoms. The smallest absolute Gasteiger partial charge is 0.123 e. The molecule has 3 aromatic rings. The van der Waals surface area contributed by atoms with Crippen molar-refractivity contribution in [2.45, 2.75) is 63.7 Å². The second-order valence-electron chi connectivity index (χ2n) is 10.5. The van der Waals surface area contributed by atoms with Gasteiger partial charge in [0.1, 0.15) is 17.4 Å². The Bertz CT molecular complexity index is 1070. The number of hydrogen-bond donors (Lipinski definition) is 1. The monoisotopic (exact) mass is 491 g/mol. The van der Waals surface area contributed by atoms with Gasteiger partial charge in [0.2, 0.25) is 0 Å². The lowest BCUT2D eigenvalue weighted by Crippen LogP contribution is -2.51. The average molecular weight is 492 g/mol. The number of ether oxygens (including phenoxy) is 1. The predicted molar refractivity (Wildman–Crippen MR) is 144 cm³/mol. The zero-order chi connectivity index (χ0) is 25.8. The molecule has 3 atom stereocenters. The van der Waals surface area contributed by atoms with Crippen LogP contribution in [0, 0.1) is 17.0 Å². The molecule has 0 aliphatic carbocycles. The summed E-state index contributed by atoms with van der Waals surface area (Å²) in [4.78, 5) is 0. The Labute approximate surface area is 215 Å². The molecular formula is C32H39F2NO. The van der Waals surface area contributed by atoms with E-state index in [0.717, 1.165) is 44.5 Å². The minimum Gasteiger partial charge on any atom is -0.497 e. The Morgan fingerprint density at radius 1 is 0.806 bits per heavy atom. The SMILES string of the molecule is CCCC(c1ccc(F)cc1)C1(C(CCC)c2ccc(F)cc2)CNCC1(C)c1cccc(OC)c1. The molecule has 0 saturated carbocycles. The third kappa shape index (κ3) is 4.68. The van der Waals surface area contributed by atoms with Crippen LogP contribution in [0.1, 0.15) is 75.0 Å². The minimum absolute atomic E-state index is 0.177. The molecule has 36 heavy (non-hydrogen) atoms. The molecular weight excluding hydrogens is 452 g/mol. The van der Waals surface area contributed by atoms with Crippen LogP contribution in [-0.2, 0) is 5.41 Å². The molecule has 1 heterocycles. The molecule has 0 radical (unpaired) electrons. The first-order valence-electron chi connectivity index (χ1n) is 13.3. The van der Waals surface area contributed by atoms with Crippen LogP contribution in [0.4, 0.5) is 8.78 Å². The average Bonchev–Trinajstić information content (AvgIpc) is 3.25. The van der Waals surface area contributed by atoms with Gasteiger partial charge in [-0.05, 0) is 77.8 Å². The summed E-state index contributed by atoms with van der Waals surface area (Å²) in [5.74, 6) is 0.766. The van der Waals surface area contributed by atoms with Gasteiger partial charge in [-0.25, -0.2) is 8.78 Å². The molecule has 0 amide bonds. The highest BCUT2D eigenvalue weighted by Gasteiger charge is 2.60. The number of rotatable bonds is 10. The van der Waals surface area contributed by atoms with Crippen LogP contribution in [0.25, 0.3) is 0 Å². The molecule has 1 N–H and O–H groups in total. The van der Waals surface area contributed by atoms with Crippen LogP contribution in [0.2, 0.25) is 0 Å². The summed E-state index contributed by atoms with van der Waals surface area (Å²) >= 11 is 0. The number of benzene rings is 3. The molecule has 4 rings (SSSR count). The van der Waals surface area contributed by atoms with Crippen molar-refractivity contribution in [1.29, 1.82) is 0 Å². The Morgan fingerprint density at radius 2 is 1.33 bits per heavy atom. The molecule has 4 heteroatoms. The van der Waals surface area contributed by atoms with E-state index in [1.54, 1.807) is 31.4 Å². The van der Waals surface area contributed by atoms with Gasteiger partial charge in [-0.3, -0.25) is 0 Å². The fourth-order valence-corrected chi connectivity index (χ4v) is 6.89. The van der Waals surface area contributed by atoms with Crippen LogP contribution >= 0.6 is 0 Å². The molecule has 1 aliphatic heterocycles. The van der Waals surface area contributed by atoms with Crippen LogP contribution in [0.5, 0.6) is 5.75 Å². The first-order chi connectivity index (χ1) is 17.4. The summed E-state index contributed by atoms with van der Waals surface area (Å²) in [6.07, 6.45) is 3.99. The summed E-state index contributed by atoms with van der Waals surface area (Å²) in [6, 6.07) is 22.7. The topological polar surface area (TPSA) is 21.3 Å². The summed E-state index contributed by atoms with van der Waals surface area (Å²) in [6.45, 7) is 8.47. The fraction of sp³-hybridized carbons (Fsp3) is 0.438. The summed E-state index contributed by atoms with van der Waals surface area (Å²) in [7, 11) is 1.71. The Kier molecular flexibility index (Phi) is 8.14. The van der Waals surface area contributed by atoms with Crippen molar-refractivity contribution < 1.29 is 13.5 Å². The van der Waals surface area contributed by atoms with Gasteiger partial charge in [-0.2, -0.15) is 0 Å². The second kappa shape index (κ2) is 11.1. The summed E-state index contributed by atoms with van der Waals surface area (Å²) < 4.78 is 33.7. The molecule has 2 nitrogen and oxygen atoms in total. The lowest BCUT2D eigenvalue weighted by molar-refractivity contribution is 0.0912. The van der Waals surface area contributed by atoms with Gasteiger partial charge in [-0.1, -0.05) is 70.0 Å². The zero-order valence-electron chi connectivity index (χ0n) is 22.0. The van der Waals surface area contributed by atoms with Gasteiger partial charge in [0.25, 0.3) is 0 Å². The van der Waals surface area contributed by atoms with Crippen LogP contribution < -0.4 is 10.1 Å². The normalized spacial score (nSPS) is 23.4. The lowest BCUT2D eigenvalue weighted by atomic mass is 9.48. The van der Waals surface area contributed by atoms with Crippen molar-refractivity contribution in [3.63, 3.8) is 0 Å². The van der Waals surface area contributed by atoms with E-state index in [1.165, 1.54) is 16.7 Å². The Morgan fingerprint density at radius 3 is 1.81 bits per heavy atom. The maximum Gasteiger partial charge on any atom is 0.123 e. The van der Waals surface area contributed by atoms with Crippen molar-refractivity contribution >= 4 is 0 Å². The summed E-state index contributed by atoms with van der Waals surface area (Å²) in [5, 5.41) is 3.79. The number of methoxy groups -OCH3 is 1. The van der Waals surface area contributed by atoms with Crippen molar-refractivity contribution in [2.75, 3.05) is 20.2 Å². The predicted octanol–water partition coefficient (Wildman–Crippen LogP) is 7.99. The van der Waals surface area contributed by atoms with E-state index in [1.807, 2.05) is 30.3 Å². The van der Waals surface area contributed by atoms with Gasteiger partial charge >= 0.3 is 0 Å². The molecule has 0 aromatic heterocycles. The van der Waals surface area contributed by atoms with Crippen molar-refractivity contribution in [1.82, 2.24) is 5.32 Å². The van der Waals surface area contributed by atoms with Crippen molar-refractivity contribution in [3.05, 3.63) is 101 Å². The molecule has 1 saturated heterocycles. The van der Waals surface area contributed by atoms with Gasteiger partial charge in [0, 0.05) is 23.9 Å². The molecule has 192 valence electrons. The van der Waals surface area contributed by atoms with Gasteiger partial charge in [-0.15, -0.1) is 0 Å². The van der Waals surface area contributed by atoms with Crippen molar-refractivity contribution in [3.8, 4) is 5.75 Å². The standard InChI is InChI=1S/C32H39F2NO/c1-5-8-29(23-12-16-26(33)17-13-23)32(30(9-6-2)24-14-18-27(34)19-15-24)22-35-21-31(32,3)25-10-7-11-28(20-25)36-4/h7,10-20,29-30,35H,5-6,8-9,21-22H2,1-4H3. The quantitative estimate of drug-likeness (QED) is 0.310. The number of hydrogen-bond acceptors (Lipinski definition) is 2. The highest BCUT2D eigenvalue weighted by molar-refractivity contribution is 5.43. The van der Waals surface area contributed by atoms with E-state index in [2.05, 4.69) is 44.3 Å². The molecule has 0 spiro atoms. The maximum absolute atomic E-state index is 14.0. The Hall–Kier alpha value is -2.72. The van der Waals surface area contributed by atoms with E-state index >= 15 is 0 Å². The Balaban J connectivity index is 2.01. The molecule has 3 unspecified atom stereocenters. The lowest BCUT2D eigenvalue weighted by Gasteiger charge is -2.54. The highest BCUT2D eigenvalue weighted by atomic mass is 19.1. The molecule has 3 aromatic carbocycles. The van der Waals surface area contributed by atoms with E-state index in [4.69, 9.17) is 4.74 Å². The van der Waals surface area contributed by atoms with Crippen LogP contribution in [0.3, 0.4) is 0 Å². The van der Waals surface area contributed by atoms with Gasteiger partial charge < -0.3 is 10.1 Å². The van der Waals surface area contributed by atoms with E-state index < -0.39 is 0 Å². The zero-order valence-corrected chi connectivity index (χ0v) is 22.0. The third-order valence-electron chi connectivity index (χ3n) is 8.57. The number of halogens is 2. The first-order valence-corrected chi connectivity index (χ1v) is 13.3. The second-order valence-corrected chi connectivity index (χ2v) is 10.5. The fourth-order valence-electron chi connectivity index (χ4n) is 6.89. The largest absolute Gasteiger partial charge is 0.497 e. The minimum atomic E-state index is -0.246. The maximum atomic E-state index is 14.0. The molecule has 1 aliphatic rings. The number of nitrogens with one attached hydrogen (secondary N) is 1. The van der Waals surface area contributed by atoms with E-state index in [9.17, 15) is 8.78 Å². The van der Waals surface area contributed by atoms with E-state index in [0.29, 0.717) is 0 Å². The van der Waals surface area contributed by atoms with Crippen molar-refractivity contribution in [2.24, 2.45) is 5.41 Å². The van der Waals surface area contributed by atoms with Crippen LogP contribution in [-0.4, -0.2) is 20.2 Å². The first kappa shape index (κ1) is 26.3. The van der Waals surface area contributed by atoms with E-state index in [-0.39, 0.29) is 34.3 Å². The highest BCUT2D eigenvalue weighted by Crippen LogP contribution is 2.62. The summed E-state index contributed by atoms with van der Waals surface area (Å²) in [5.41, 5.74) is 3.09.